The van der Waals surface area contributed by atoms with Crippen LogP contribution >= 0.6 is 24.0 Å². The largest absolute Gasteiger partial charge is 0.359 e. The molecule has 1 aliphatic carbocycles. The van der Waals surface area contributed by atoms with Crippen molar-refractivity contribution in [2.75, 3.05) is 6.54 Å². The summed E-state index contributed by atoms with van der Waals surface area (Å²) in [7, 11) is 0. The van der Waals surface area contributed by atoms with Crippen molar-refractivity contribution in [3.63, 3.8) is 0 Å². The minimum atomic E-state index is 0. The molecule has 0 amide bonds. The Labute approximate surface area is 157 Å². The topological polar surface area (TPSA) is 62.5 Å². The van der Waals surface area contributed by atoms with Crippen molar-refractivity contribution < 1.29 is 4.52 Å². The molecule has 2 N–H and O–H groups in total. The molecule has 0 bridgehead atoms. The van der Waals surface area contributed by atoms with Crippen LogP contribution in [-0.4, -0.2) is 23.7 Å². The van der Waals surface area contributed by atoms with E-state index in [0.29, 0.717) is 18.5 Å². The van der Waals surface area contributed by atoms with Crippen LogP contribution in [0.3, 0.4) is 0 Å². The van der Waals surface area contributed by atoms with E-state index in [1.54, 1.807) is 0 Å². The number of nitrogens with one attached hydrogen (secondary N) is 2. The molecule has 1 heterocycles. The van der Waals surface area contributed by atoms with Crippen molar-refractivity contribution in [3.8, 4) is 0 Å². The smallest absolute Gasteiger partial charge is 0.191 e. The highest BCUT2D eigenvalue weighted by atomic mass is 127. The Hall–Kier alpha value is -0.790. The van der Waals surface area contributed by atoms with Gasteiger partial charge in [-0.05, 0) is 31.6 Å². The molecular formula is C17H31IN4O. The van der Waals surface area contributed by atoms with Gasteiger partial charge in [0.25, 0.3) is 0 Å². The summed E-state index contributed by atoms with van der Waals surface area (Å²) < 4.78 is 5.35. The van der Waals surface area contributed by atoms with Crippen molar-refractivity contribution in [2.45, 2.75) is 71.9 Å². The van der Waals surface area contributed by atoms with Gasteiger partial charge in [-0.2, -0.15) is 0 Å². The maximum atomic E-state index is 5.35. The Kier molecular flexibility index (Phi) is 8.94. The molecule has 6 heteroatoms. The van der Waals surface area contributed by atoms with Crippen LogP contribution in [-0.2, 0) is 6.54 Å². The second-order valence-corrected chi connectivity index (χ2v) is 6.68. The molecule has 0 aliphatic heterocycles. The van der Waals surface area contributed by atoms with Crippen LogP contribution in [0.25, 0.3) is 0 Å². The van der Waals surface area contributed by atoms with Crippen LogP contribution in [0.1, 0.15) is 70.8 Å². The van der Waals surface area contributed by atoms with Gasteiger partial charge in [-0.3, -0.25) is 0 Å². The Morgan fingerprint density at radius 1 is 1.43 bits per heavy atom. The number of aromatic nitrogens is 1. The number of nitrogens with zero attached hydrogens (tertiary/aromatic N) is 2. The molecule has 132 valence electrons. The zero-order chi connectivity index (χ0) is 15.9. The van der Waals surface area contributed by atoms with E-state index in [4.69, 9.17) is 4.52 Å². The van der Waals surface area contributed by atoms with E-state index >= 15 is 0 Å². The number of aliphatic imine (C=N–C) groups is 1. The van der Waals surface area contributed by atoms with Crippen LogP contribution in [0.5, 0.6) is 0 Å². The maximum absolute atomic E-state index is 5.35. The number of rotatable bonds is 5. The van der Waals surface area contributed by atoms with Gasteiger partial charge in [0.15, 0.2) is 11.7 Å². The minimum Gasteiger partial charge on any atom is -0.359 e. The molecule has 0 spiro atoms. The lowest BCUT2D eigenvalue weighted by molar-refractivity contribution is 0.324. The van der Waals surface area contributed by atoms with Gasteiger partial charge in [0.2, 0.25) is 0 Å². The Balaban J connectivity index is 0.00000264. The van der Waals surface area contributed by atoms with E-state index in [1.165, 1.54) is 25.7 Å². The van der Waals surface area contributed by atoms with Crippen LogP contribution in [0.2, 0.25) is 0 Å². The fourth-order valence-electron chi connectivity index (χ4n) is 2.91. The average Bonchev–Trinajstić information content (AvgIpc) is 2.94. The van der Waals surface area contributed by atoms with Gasteiger partial charge in [0.05, 0.1) is 5.69 Å². The first-order valence-corrected chi connectivity index (χ1v) is 8.58. The zero-order valence-corrected chi connectivity index (χ0v) is 17.1. The van der Waals surface area contributed by atoms with Crippen molar-refractivity contribution in [1.82, 2.24) is 15.8 Å². The van der Waals surface area contributed by atoms with Crippen molar-refractivity contribution in [3.05, 3.63) is 17.5 Å². The summed E-state index contributed by atoms with van der Waals surface area (Å²) in [4.78, 5) is 4.64. The number of hydrogen-bond acceptors (Lipinski definition) is 3. The summed E-state index contributed by atoms with van der Waals surface area (Å²) in [5.74, 6) is 2.88. The van der Waals surface area contributed by atoms with Gasteiger partial charge in [-0.15, -0.1) is 24.0 Å². The van der Waals surface area contributed by atoms with E-state index in [0.717, 1.165) is 29.9 Å². The summed E-state index contributed by atoms with van der Waals surface area (Å²) in [5.41, 5.74) is 0.990. The molecule has 23 heavy (non-hydrogen) atoms. The molecule has 5 nitrogen and oxygen atoms in total. The third-order valence-electron chi connectivity index (χ3n) is 4.18. The molecular weight excluding hydrogens is 403 g/mol. The first-order chi connectivity index (χ1) is 10.6. The highest BCUT2D eigenvalue weighted by molar-refractivity contribution is 14.0. The predicted molar refractivity (Wildman–Crippen MR) is 105 cm³/mol. The fraction of sp³-hybridized carbons (Fsp3) is 0.765. The molecule has 2 unspecified atom stereocenters. The second-order valence-electron chi connectivity index (χ2n) is 6.68. The Morgan fingerprint density at radius 3 is 2.83 bits per heavy atom. The molecule has 1 fully saturated rings. The summed E-state index contributed by atoms with van der Waals surface area (Å²) in [6, 6.07) is 2.53. The Morgan fingerprint density at radius 2 is 2.22 bits per heavy atom. The van der Waals surface area contributed by atoms with Crippen LogP contribution in [0.4, 0.5) is 0 Å². The van der Waals surface area contributed by atoms with Crippen molar-refractivity contribution >= 4 is 29.9 Å². The van der Waals surface area contributed by atoms with E-state index in [9.17, 15) is 0 Å². The van der Waals surface area contributed by atoms with Gasteiger partial charge in [0.1, 0.15) is 6.54 Å². The monoisotopic (exact) mass is 434 g/mol. The van der Waals surface area contributed by atoms with E-state index in [-0.39, 0.29) is 24.0 Å². The molecule has 2 rings (SSSR count). The normalized spacial score (nSPS) is 21.9. The summed E-state index contributed by atoms with van der Waals surface area (Å²) >= 11 is 0. The highest BCUT2D eigenvalue weighted by Crippen LogP contribution is 2.23. The minimum absolute atomic E-state index is 0. The summed E-state index contributed by atoms with van der Waals surface area (Å²) in [6.07, 6.45) is 5.11. The highest BCUT2D eigenvalue weighted by Gasteiger charge is 2.19. The first kappa shape index (κ1) is 20.3. The van der Waals surface area contributed by atoms with E-state index in [1.807, 2.05) is 6.07 Å². The molecule has 1 aliphatic rings. The third-order valence-corrected chi connectivity index (χ3v) is 4.18. The molecule has 2 atom stereocenters. The van der Waals surface area contributed by atoms with Crippen LogP contribution in [0.15, 0.2) is 15.6 Å². The van der Waals surface area contributed by atoms with Gasteiger partial charge in [-0.25, -0.2) is 4.99 Å². The van der Waals surface area contributed by atoms with Gasteiger partial charge >= 0.3 is 0 Å². The van der Waals surface area contributed by atoms with Crippen LogP contribution < -0.4 is 10.6 Å². The van der Waals surface area contributed by atoms with Crippen molar-refractivity contribution in [1.29, 1.82) is 0 Å². The second kappa shape index (κ2) is 10.2. The van der Waals surface area contributed by atoms with Crippen molar-refractivity contribution in [2.24, 2.45) is 10.9 Å². The van der Waals surface area contributed by atoms with Gasteiger partial charge < -0.3 is 15.2 Å². The molecule has 0 aromatic carbocycles. The SMILES string of the molecule is CCNC(=NCc1cc(C(C)C)no1)NC1CCCC(C)C1.I. The third kappa shape index (κ3) is 6.69. The number of guanidine groups is 1. The molecule has 1 saturated carbocycles. The van der Waals surface area contributed by atoms with E-state index < -0.39 is 0 Å². The van der Waals surface area contributed by atoms with Gasteiger partial charge in [-0.1, -0.05) is 38.8 Å². The standard InChI is InChI=1S/C17H30N4O.HI/c1-5-18-17(20-14-8-6-7-13(4)9-14)19-11-15-10-16(12(2)3)21-22-15;/h10,12-14H,5-9,11H2,1-4H3,(H2,18,19,20);1H. The predicted octanol–water partition coefficient (Wildman–Crippen LogP) is 4.05. The maximum Gasteiger partial charge on any atom is 0.191 e. The number of hydrogen-bond donors (Lipinski definition) is 2. The number of halogens is 1. The molecule has 1 aromatic heterocycles. The fourth-order valence-corrected chi connectivity index (χ4v) is 2.91. The summed E-state index contributed by atoms with van der Waals surface area (Å²) in [6.45, 7) is 10.0. The molecule has 0 radical (unpaired) electrons. The Bertz CT molecular complexity index is 487. The first-order valence-electron chi connectivity index (χ1n) is 8.58. The van der Waals surface area contributed by atoms with Crippen LogP contribution in [0, 0.1) is 5.92 Å². The quantitative estimate of drug-likeness (QED) is 0.417. The van der Waals surface area contributed by atoms with Gasteiger partial charge in [0, 0.05) is 18.7 Å². The zero-order valence-electron chi connectivity index (χ0n) is 14.8. The molecule has 0 saturated heterocycles. The summed E-state index contributed by atoms with van der Waals surface area (Å²) in [5, 5.41) is 11.0. The lowest BCUT2D eigenvalue weighted by Gasteiger charge is -2.28. The lowest BCUT2D eigenvalue weighted by Crippen LogP contribution is -2.45. The average molecular weight is 434 g/mol. The molecule has 1 aromatic rings. The van der Waals surface area contributed by atoms with E-state index in [2.05, 4.69) is 48.5 Å². The lowest BCUT2D eigenvalue weighted by atomic mass is 9.87.